The highest BCUT2D eigenvalue weighted by Crippen LogP contribution is 2.26. The Kier molecular flexibility index (Phi) is 6.86. The summed E-state index contributed by atoms with van der Waals surface area (Å²) in [7, 11) is 1.87. The molecule has 1 saturated carbocycles. The van der Waals surface area contributed by atoms with Crippen LogP contribution in [0.15, 0.2) is 29.3 Å². The van der Waals surface area contributed by atoms with E-state index < -0.39 is 0 Å². The van der Waals surface area contributed by atoms with Crippen LogP contribution >= 0.6 is 0 Å². The van der Waals surface area contributed by atoms with Crippen LogP contribution in [0.5, 0.6) is 0 Å². The minimum absolute atomic E-state index is 0.523. The van der Waals surface area contributed by atoms with E-state index in [9.17, 15) is 0 Å². The van der Waals surface area contributed by atoms with Crippen LogP contribution in [-0.2, 0) is 13.1 Å². The molecule has 5 heteroatoms. The molecule has 0 radical (unpaired) electrons. The summed E-state index contributed by atoms with van der Waals surface area (Å²) in [6.45, 7) is 6.82. The van der Waals surface area contributed by atoms with Crippen molar-refractivity contribution in [3.8, 4) is 0 Å². The molecule has 2 heterocycles. The van der Waals surface area contributed by atoms with Crippen molar-refractivity contribution >= 4 is 5.96 Å². The lowest BCUT2D eigenvalue weighted by Gasteiger charge is -2.24. The van der Waals surface area contributed by atoms with Crippen LogP contribution in [0.2, 0.25) is 0 Å². The molecule has 0 bridgehead atoms. The number of likely N-dealkylation sites (tertiary alicyclic amines) is 2. The molecule has 1 unspecified atom stereocenters. The fourth-order valence-electron chi connectivity index (χ4n) is 5.04. The van der Waals surface area contributed by atoms with Crippen molar-refractivity contribution in [1.29, 1.82) is 0 Å². The minimum Gasteiger partial charge on any atom is -0.352 e. The van der Waals surface area contributed by atoms with E-state index in [1.165, 1.54) is 75.7 Å². The van der Waals surface area contributed by atoms with Crippen molar-refractivity contribution in [3.63, 3.8) is 0 Å². The second-order valence-corrected chi connectivity index (χ2v) is 8.79. The van der Waals surface area contributed by atoms with E-state index in [0.29, 0.717) is 6.04 Å². The average Bonchev–Trinajstić information content (AvgIpc) is 3.48. The van der Waals surface area contributed by atoms with Crippen LogP contribution in [0.4, 0.5) is 0 Å². The molecule has 0 spiro atoms. The lowest BCUT2D eigenvalue weighted by molar-refractivity contribution is 0.242. The fraction of sp³-hybridized carbons (Fsp3) is 0.696. The number of nitrogens with zero attached hydrogens (tertiary/aromatic N) is 3. The molecular formula is C23H37N5. The Hall–Kier alpha value is -1.59. The van der Waals surface area contributed by atoms with E-state index in [1.807, 2.05) is 7.05 Å². The van der Waals surface area contributed by atoms with Crippen LogP contribution in [0.1, 0.15) is 56.1 Å². The molecule has 1 aromatic rings. The van der Waals surface area contributed by atoms with Crippen molar-refractivity contribution in [2.24, 2.45) is 4.99 Å². The molecule has 5 nitrogen and oxygen atoms in total. The third-order valence-corrected chi connectivity index (χ3v) is 6.71. The molecule has 3 aliphatic rings. The summed E-state index contributed by atoms with van der Waals surface area (Å²) >= 11 is 0. The largest absolute Gasteiger partial charge is 0.352 e. The number of nitrogens with one attached hydrogen (secondary N) is 2. The van der Waals surface area contributed by atoms with Gasteiger partial charge in [0.15, 0.2) is 5.96 Å². The maximum Gasteiger partial charge on any atom is 0.191 e. The van der Waals surface area contributed by atoms with Crippen molar-refractivity contribution in [1.82, 2.24) is 20.4 Å². The summed E-state index contributed by atoms with van der Waals surface area (Å²) in [6, 6.07) is 10.4. The van der Waals surface area contributed by atoms with Gasteiger partial charge in [0.1, 0.15) is 0 Å². The zero-order chi connectivity index (χ0) is 19.2. The Bertz CT molecular complexity index is 629. The van der Waals surface area contributed by atoms with Crippen molar-refractivity contribution in [2.45, 2.75) is 70.1 Å². The molecule has 1 aliphatic carbocycles. The molecule has 4 rings (SSSR count). The first-order valence-electron chi connectivity index (χ1n) is 11.3. The summed E-state index contributed by atoms with van der Waals surface area (Å²) in [6.07, 6.45) is 9.56. The van der Waals surface area contributed by atoms with Gasteiger partial charge in [-0.25, -0.2) is 0 Å². The Morgan fingerprint density at radius 3 is 2.39 bits per heavy atom. The molecule has 1 aromatic carbocycles. The molecule has 154 valence electrons. The molecule has 0 amide bonds. The third-order valence-electron chi connectivity index (χ3n) is 6.71. The monoisotopic (exact) mass is 383 g/mol. The Morgan fingerprint density at radius 2 is 1.68 bits per heavy atom. The van der Waals surface area contributed by atoms with Gasteiger partial charge in [0.05, 0.1) is 0 Å². The number of aliphatic imine (C=N–C) groups is 1. The van der Waals surface area contributed by atoms with Gasteiger partial charge in [-0.2, -0.15) is 0 Å². The second kappa shape index (κ2) is 9.75. The second-order valence-electron chi connectivity index (χ2n) is 8.79. The molecule has 28 heavy (non-hydrogen) atoms. The summed E-state index contributed by atoms with van der Waals surface area (Å²) < 4.78 is 0. The van der Waals surface area contributed by atoms with Crippen LogP contribution in [0.25, 0.3) is 0 Å². The van der Waals surface area contributed by atoms with Gasteiger partial charge in [-0.3, -0.25) is 14.8 Å². The average molecular weight is 384 g/mol. The predicted octanol–water partition coefficient (Wildman–Crippen LogP) is 2.96. The van der Waals surface area contributed by atoms with Crippen LogP contribution in [0.3, 0.4) is 0 Å². The van der Waals surface area contributed by atoms with E-state index in [2.05, 4.69) is 49.7 Å². The van der Waals surface area contributed by atoms with E-state index in [-0.39, 0.29) is 0 Å². The zero-order valence-corrected chi connectivity index (χ0v) is 17.5. The molecule has 2 N–H and O–H groups in total. The summed E-state index contributed by atoms with van der Waals surface area (Å²) in [4.78, 5) is 9.69. The zero-order valence-electron chi connectivity index (χ0n) is 17.5. The van der Waals surface area contributed by atoms with E-state index in [1.54, 1.807) is 0 Å². The van der Waals surface area contributed by atoms with Crippen LogP contribution in [-0.4, -0.2) is 61.1 Å². The highest BCUT2D eigenvalue weighted by atomic mass is 15.3. The molecule has 1 atom stereocenters. The van der Waals surface area contributed by atoms with Crippen molar-refractivity contribution in [3.05, 3.63) is 35.4 Å². The standard InChI is InChI=1S/C23H37N5/c1-24-23(26-21-12-15-28(18-21)22-6-2-3-7-22)25-16-19-8-10-20(11-9-19)17-27-13-4-5-14-27/h8-11,21-22H,2-7,12-18H2,1H3,(H2,24,25,26). The maximum atomic E-state index is 4.44. The number of benzene rings is 1. The highest BCUT2D eigenvalue weighted by molar-refractivity contribution is 5.80. The summed E-state index contributed by atoms with van der Waals surface area (Å²) in [5.41, 5.74) is 2.73. The molecule has 2 saturated heterocycles. The predicted molar refractivity (Wildman–Crippen MR) is 117 cm³/mol. The lowest BCUT2D eigenvalue weighted by Crippen LogP contribution is -2.45. The van der Waals surface area contributed by atoms with Crippen LogP contribution in [0, 0.1) is 0 Å². The Labute approximate surface area is 170 Å². The van der Waals surface area contributed by atoms with E-state index >= 15 is 0 Å². The SMILES string of the molecule is CN=C(NCc1ccc(CN2CCCC2)cc1)NC1CCN(C2CCCC2)C1. The minimum atomic E-state index is 0.523. The van der Waals surface area contributed by atoms with Gasteiger partial charge < -0.3 is 10.6 Å². The Balaban J connectivity index is 1.21. The normalized spacial score (nSPS) is 24.9. The number of hydrogen-bond donors (Lipinski definition) is 2. The third kappa shape index (κ3) is 5.26. The van der Waals surface area contributed by atoms with Crippen molar-refractivity contribution in [2.75, 3.05) is 33.2 Å². The Morgan fingerprint density at radius 1 is 0.964 bits per heavy atom. The maximum absolute atomic E-state index is 4.44. The number of guanidine groups is 1. The van der Waals surface area contributed by atoms with Gasteiger partial charge in [0.25, 0.3) is 0 Å². The van der Waals surface area contributed by atoms with Gasteiger partial charge in [-0.15, -0.1) is 0 Å². The summed E-state index contributed by atoms with van der Waals surface area (Å²) in [5.74, 6) is 0.930. The molecular weight excluding hydrogens is 346 g/mol. The molecule has 0 aromatic heterocycles. The fourth-order valence-corrected chi connectivity index (χ4v) is 5.04. The smallest absolute Gasteiger partial charge is 0.191 e. The van der Waals surface area contributed by atoms with Crippen molar-refractivity contribution < 1.29 is 0 Å². The number of hydrogen-bond acceptors (Lipinski definition) is 3. The quantitative estimate of drug-likeness (QED) is 0.585. The number of rotatable bonds is 6. The lowest BCUT2D eigenvalue weighted by atomic mass is 10.1. The van der Waals surface area contributed by atoms with Crippen LogP contribution < -0.4 is 10.6 Å². The van der Waals surface area contributed by atoms with E-state index in [0.717, 1.165) is 31.6 Å². The summed E-state index contributed by atoms with van der Waals surface area (Å²) in [5, 5.41) is 7.14. The van der Waals surface area contributed by atoms with Gasteiger partial charge in [0.2, 0.25) is 0 Å². The van der Waals surface area contributed by atoms with E-state index in [4.69, 9.17) is 0 Å². The first kappa shape index (κ1) is 19.7. The van der Waals surface area contributed by atoms with Gasteiger partial charge >= 0.3 is 0 Å². The van der Waals surface area contributed by atoms with Gasteiger partial charge in [-0.1, -0.05) is 37.1 Å². The van der Waals surface area contributed by atoms with Gasteiger partial charge in [-0.05, 0) is 56.3 Å². The highest BCUT2D eigenvalue weighted by Gasteiger charge is 2.30. The molecule has 3 fully saturated rings. The topological polar surface area (TPSA) is 42.9 Å². The first-order chi connectivity index (χ1) is 13.8. The first-order valence-corrected chi connectivity index (χ1v) is 11.3. The van der Waals surface area contributed by atoms with Gasteiger partial charge in [0, 0.05) is 45.3 Å². The molecule has 2 aliphatic heterocycles.